The second kappa shape index (κ2) is 10.4. The van der Waals surface area contributed by atoms with Gasteiger partial charge in [-0.1, -0.05) is 12.1 Å². The van der Waals surface area contributed by atoms with E-state index in [1.165, 1.54) is 16.4 Å². The first-order valence-corrected chi connectivity index (χ1v) is 11.1. The van der Waals surface area contributed by atoms with Gasteiger partial charge in [0.25, 0.3) is 0 Å². The Kier molecular flexibility index (Phi) is 7.76. The van der Waals surface area contributed by atoms with Crippen LogP contribution in [-0.4, -0.2) is 51.1 Å². The van der Waals surface area contributed by atoms with Gasteiger partial charge in [0.1, 0.15) is 0 Å². The number of sulfonamides is 1. The van der Waals surface area contributed by atoms with Gasteiger partial charge < -0.3 is 4.74 Å². The monoisotopic (exact) mass is 491 g/mol. The maximum absolute atomic E-state index is 13.6. The predicted molar refractivity (Wildman–Crippen MR) is 106 cm³/mol. The van der Waals surface area contributed by atoms with E-state index >= 15 is 0 Å². The zero-order valence-corrected chi connectivity index (χ0v) is 17.8. The molecule has 0 bridgehead atoms. The molecule has 3 rings (SSSR count). The second-order valence-corrected chi connectivity index (χ2v) is 8.88. The van der Waals surface area contributed by atoms with Crippen molar-refractivity contribution >= 4 is 22.1 Å². The molecule has 7 nitrogen and oxygen atoms in total. The van der Waals surface area contributed by atoms with Crippen molar-refractivity contribution in [3.05, 3.63) is 64.5 Å². The SMILES string of the molecule is O=C(CCc1ccc(S(=O)(=O)N2CCOCC2)cc1)N/N=C/c1c(F)c(F)c(F)c(F)c1F. The van der Waals surface area contributed by atoms with Crippen molar-refractivity contribution in [2.24, 2.45) is 5.10 Å². The van der Waals surface area contributed by atoms with E-state index in [-0.39, 0.29) is 30.8 Å². The first-order chi connectivity index (χ1) is 15.6. The average Bonchev–Trinajstić information content (AvgIpc) is 2.83. The largest absolute Gasteiger partial charge is 0.379 e. The molecule has 13 heteroatoms. The van der Waals surface area contributed by atoms with Crippen molar-refractivity contribution in [3.63, 3.8) is 0 Å². The lowest BCUT2D eigenvalue weighted by Crippen LogP contribution is -2.40. The molecule has 33 heavy (non-hydrogen) atoms. The molecule has 1 fully saturated rings. The highest BCUT2D eigenvalue weighted by Crippen LogP contribution is 2.22. The van der Waals surface area contributed by atoms with Gasteiger partial charge in [0.15, 0.2) is 23.3 Å². The summed E-state index contributed by atoms with van der Waals surface area (Å²) in [5.41, 5.74) is 1.28. The fourth-order valence-corrected chi connectivity index (χ4v) is 4.39. The molecule has 1 aliphatic rings. The number of morpholine rings is 1. The summed E-state index contributed by atoms with van der Waals surface area (Å²) in [4.78, 5) is 12.0. The molecule has 0 radical (unpaired) electrons. The minimum atomic E-state index is -3.65. The molecule has 1 heterocycles. The Morgan fingerprint density at radius 3 is 2.09 bits per heavy atom. The summed E-state index contributed by atoms with van der Waals surface area (Å²) in [5, 5.41) is 3.23. The molecule has 0 aliphatic carbocycles. The lowest BCUT2D eigenvalue weighted by molar-refractivity contribution is -0.121. The van der Waals surface area contributed by atoms with Crippen molar-refractivity contribution in [2.75, 3.05) is 26.3 Å². The molecule has 1 N–H and O–H groups in total. The van der Waals surface area contributed by atoms with Crippen LogP contribution in [0.4, 0.5) is 22.0 Å². The summed E-state index contributed by atoms with van der Waals surface area (Å²) < 4.78 is 98.0. The van der Waals surface area contributed by atoms with Gasteiger partial charge in [0, 0.05) is 19.5 Å². The minimum Gasteiger partial charge on any atom is -0.379 e. The van der Waals surface area contributed by atoms with Crippen molar-refractivity contribution in [2.45, 2.75) is 17.7 Å². The third kappa shape index (κ3) is 5.54. The fourth-order valence-electron chi connectivity index (χ4n) is 2.98. The number of ether oxygens (including phenoxy) is 1. The van der Waals surface area contributed by atoms with E-state index in [4.69, 9.17) is 4.74 Å². The molecule has 0 atom stereocenters. The highest BCUT2D eigenvalue weighted by atomic mass is 32.2. The van der Waals surface area contributed by atoms with Crippen LogP contribution in [0.2, 0.25) is 0 Å². The van der Waals surface area contributed by atoms with Gasteiger partial charge in [-0.3, -0.25) is 4.79 Å². The average molecular weight is 491 g/mol. The van der Waals surface area contributed by atoms with E-state index in [1.807, 2.05) is 5.43 Å². The maximum Gasteiger partial charge on any atom is 0.243 e. The lowest BCUT2D eigenvalue weighted by atomic mass is 10.1. The number of aryl methyl sites for hydroxylation is 1. The molecular formula is C20H18F5N3O4S. The molecule has 1 saturated heterocycles. The topological polar surface area (TPSA) is 88.1 Å². The third-order valence-corrected chi connectivity index (χ3v) is 6.71. The molecule has 0 spiro atoms. The first kappa shape index (κ1) is 24.7. The Balaban J connectivity index is 1.56. The lowest BCUT2D eigenvalue weighted by Gasteiger charge is -2.26. The number of benzene rings is 2. The summed E-state index contributed by atoms with van der Waals surface area (Å²) in [6, 6.07) is 5.91. The minimum absolute atomic E-state index is 0.102. The number of carbonyl (C=O) groups excluding carboxylic acids is 1. The molecule has 2 aromatic carbocycles. The summed E-state index contributed by atoms with van der Waals surface area (Å²) in [6.07, 6.45) is 0.366. The van der Waals surface area contributed by atoms with Crippen LogP contribution in [0.25, 0.3) is 0 Å². The van der Waals surface area contributed by atoms with Crippen molar-refractivity contribution in [3.8, 4) is 0 Å². The van der Waals surface area contributed by atoms with E-state index < -0.39 is 50.6 Å². The molecule has 0 saturated carbocycles. The van der Waals surface area contributed by atoms with Gasteiger partial charge >= 0.3 is 0 Å². The van der Waals surface area contributed by atoms with E-state index in [0.717, 1.165) is 0 Å². The Morgan fingerprint density at radius 2 is 1.52 bits per heavy atom. The summed E-state index contributed by atoms with van der Waals surface area (Å²) in [6.45, 7) is 1.16. The zero-order chi connectivity index (χ0) is 24.2. The van der Waals surface area contributed by atoms with E-state index in [0.29, 0.717) is 25.0 Å². The zero-order valence-electron chi connectivity index (χ0n) is 17.0. The summed E-state index contributed by atoms with van der Waals surface area (Å²) in [7, 11) is -3.65. The number of hydrogen-bond acceptors (Lipinski definition) is 5. The molecule has 178 valence electrons. The third-order valence-electron chi connectivity index (χ3n) is 4.80. The van der Waals surface area contributed by atoms with Crippen molar-refractivity contribution < 1.29 is 39.9 Å². The Bertz CT molecular complexity index is 1140. The van der Waals surface area contributed by atoms with Crippen LogP contribution in [0.5, 0.6) is 0 Å². The molecule has 1 amide bonds. The Hall–Kier alpha value is -2.90. The molecule has 0 unspecified atom stereocenters. The standard InChI is InChI=1S/C20H18F5N3O4S/c21-16-14(17(22)19(24)20(25)18(16)23)11-26-27-15(29)6-3-12-1-4-13(5-2-12)33(30,31)28-7-9-32-10-8-28/h1-2,4-5,11H,3,6-10H2,(H,27,29)/b26-11+. The van der Waals surface area contributed by atoms with E-state index in [2.05, 4.69) is 5.10 Å². The molecule has 0 aromatic heterocycles. The van der Waals surface area contributed by atoms with Gasteiger partial charge in [-0.25, -0.2) is 35.8 Å². The molecular weight excluding hydrogens is 473 g/mol. The maximum atomic E-state index is 13.6. The van der Waals surface area contributed by atoms with Gasteiger partial charge in [-0.2, -0.15) is 9.41 Å². The van der Waals surface area contributed by atoms with Crippen molar-refractivity contribution in [1.29, 1.82) is 0 Å². The molecule has 2 aromatic rings. The number of amides is 1. The van der Waals surface area contributed by atoms with E-state index in [9.17, 15) is 35.2 Å². The van der Waals surface area contributed by atoms with Gasteiger partial charge in [0.2, 0.25) is 21.7 Å². The predicted octanol–water partition coefficient (Wildman–Crippen LogP) is 2.49. The van der Waals surface area contributed by atoms with Crippen LogP contribution in [0.3, 0.4) is 0 Å². The van der Waals surface area contributed by atoms with Crippen LogP contribution >= 0.6 is 0 Å². The van der Waals surface area contributed by atoms with Gasteiger partial charge in [-0.05, 0) is 24.1 Å². The van der Waals surface area contributed by atoms with Crippen LogP contribution in [0, 0.1) is 29.1 Å². The van der Waals surface area contributed by atoms with Crippen LogP contribution in [0.1, 0.15) is 17.5 Å². The van der Waals surface area contributed by atoms with Gasteiger partial charge in [0.05, 0.1) is 29.9 Å². The number of nitrogens with zero attached hydrogens (tertiary/aromatic N) is 2. The highest BCUT2D eigenvalue weighted by Gasteiger charge is 2.26. The van der Waals surface area contributed by atoms with Gasteiger partial charge in [-0.15, -0.1) is 0 Å². The fraction of sp³-hybridized carbons (Fsp3) is 0.300. The quantitative estimate of drug-likeness (QED) is 0.212. The Morgan fingerprint density at radius 1 is 0.970 bits per heavy atom. The normalized spacial score (nSPS) is 15.2. The smallest absolute Gasteiger partial charge is 0.243 e. The number of carbonyl (C=O) groups is 1. The number of nitrogens with one attached hydrogen (secondary N) is 1. The first-order valence-electron chi connectivity index (χ1n) is 9.63. The summed E-state index contributed by atoms with van der Waals surface area (Å²) >= 11 is 0. The number of halogens is 5. The highest BCUT2D eigenvalue weighted by molar-refractivity contribution is 7.89. The summed E-state index contributed by atoms with van der Waals surface area (Å²) in [5.74, 6) is -11.4. The van der Waals surface area contributed by atoms with Crippen LogP contribution < -0.4 is 5.43 Å². The molecule has 1 aliphatic heterocycles. The number of hydrazone groups is 1. The van der Waals surface area contributed by atoms with Crippen molar-refractivity contribution in [1.82, 2.24) is 9.73 Å². The van der Waals surface area contributed by atoms with Crippen LogP contribution in [-0.2, 0) is 26.0 Å². The number of rotatable bonds is 7. The van der Waals surface area contributed by atoms with E-state index in [1.54, 1.807) is 12.1 Å². The Labute approximate surface area is 185 Å². The van der Waals surface area contributed by atoms with Crippen LogP contribution in [0.15, 0.2) is 34.3 Å². The second-order valence-electron chi connectivity index (χ2n) is 6.94. The number of hydrogen-bond donors (Lipinski definition) is 1.